The van der Waals surface area contributed by atoms with Gasteiger partial charge in [0.15, 0.2) is 0 Å². The Kier molecular flexibility index (Phi) is 34.8. The molecule has 2 unspecified atom stereocenters. The largest absolute Gasteiger partial charge is 0.305 e. The first kappa shape index (κ1) is 43.4. The van der Waals surface area contributed by atoms with Gasteiger partial charge in [-0.05, 0) is 92.4 Å². The molecule has 0 radical (unpaired) electrons. The molecule has 0 aromatic heterocycles. The van der Waals surface area contributed by atoms with Crippen LogP contribution in [0.4, 0.5) is 0 Å². The summed E-state index contributed by atoms with van der Waals surface area (Å²) in [7, 11) is 9.23. The van der Waals surface area contributed by atoms with Crippen LogP contribution in [0.5, 0.6) is 0 Å². The van der Waals surface area contributed by atoms with Gasteiger partial charge in [-0.1, -0.05) is 167 Å². The average Bonchev–Trinajstić information content (AvgIpc) is 3.00. The summed E-state index contributed by atoms with van der Waals surface area (Å²) in [6.45, 7) is 4.60. The molecule has 44 heavy (non-hydrogen) atoms. The highest BCUT2D eigenvalue weighted by Gasteiger charge is 2.24. The number of hydrogen-bond acceptors (Lipinski definition) is 2. The summed E-state index contributed by atoms with van der Waals surface area (Å²) < 4.78 is 0. The smallest absolute Gasteiger partial charge is 0.0245 e. The molecule has 0 rings (SSSR count). The van der Waals surface area contributed by atoms with Gasteiger partial charge < -0.3 is 9.80 Å². The van der Waals surface area contributed by atoms with Crippen molar-refractivity contribution in [1.82, 2.24) is 9.80 Å². The van der Waals surface area contributed by atoms with Gasteiger partial charge in [-0.25, -0.2) is 0 Å². The van der Waals surface area contributed by atoms with E-state index in [0.29, 0.717) is 12.1 Å². The Morgan fingerprint density at radius 1 is 0.318 bits per heavy atom. The van der Waals surface area contributed by atoms with Gasteiger partial charge >= 0.3 is 0 Å². The van der Waals surface area contributed by atoms with Crippen LogP contribution < -0.4 is 0 Å². The normalized spacial score (nSPS) is 13.7. The monoisotopic (exact) mass is 617 g/mol. The van der Waals surface area contributed by atoms with Crippen molar-refractivity contribution in [3.05, 3.63) is 24.3 Å². The molecule has 0 N–H and O–H groups in total. The number of rotatable bonds is 35. The highest BCUT2D eigenvalue weighted by atomic mass is 15.2. The summed E-state index contributed by atoms with van der Waals surface area (Å²) in [5.41, 5.74) is 0. The van der Waals surface area contributed by atoms with E-state index in [1.54, 1.807) is 0 Å². The van der Waals surface area contributed by atoms with Crippen molar-refractivity contribution < 1.29 is 0 Å². The van der Waals surface area contributed by atoms with Crippen molar-refractivity contribution in [2.24, 2.45) is 0 Å². The SMILES string of the molecule is CCCCCCCC/C=C\CCCCCCCCC(C(CCCCCCCC/C=C\CCCCCCCC)N(C)C)N(C)C. The summed E-state index contributed by atoms with van der Waals surface area (Å²) in [4.78, 5) is 5.03. The number of nitrogens with zero attached hydrogens (tertiary/aromatic N) is 2. The number of likely N-dealkylation sites (N-methyl/N-ethyl adjacent to an activating group) is 2. The van der Waals surface area contributed by atoms with E-state index in [2.05, 4.69) is 76.1 Å². The van der Waals surface area contributed by atoms with E-state index in [0.717, 1.165) is 0 Å². The van der Waals surface area contributed by atoms with Crippen LogP contribution in [-0.2, 0) is 0 Å². The fourth-order valence-corrected chi connectivity index (χ4v) is 6.79. The predicted molar refractivity (Wildman–Crippen MR) is 203 cm³/mol. The van der Waals surface area contributed by atoms with E-state index in [-0.39, 0.29) is 0 Å². The van der Waals surface area contributed by atoms with Gasteiger partial charge in [-0.2, -0.15) is 0 Å². The maximum atomic E-state index is 2.52. The summed E-state index contributed by atoms with van der Waals surface area (Å²) >= 11 is 0. The molecular weight excluding hydrogens is 532 g/mol. The quantitative estimate of drug-likeness (QED) is 0.0516. The van der Waals surface area contributed by atoms with Gasteiger partial charge in [0.2, 0.25) is 0 Å². The maximum Gasteiger partial charge on any atom is 0.0245 e. The Morgan fingerprint density at radius 3 is 0.795 bits per heavy atom. The van der Waals surface area contributed by atoms with E-state index >= 15 is 0 Å². The van der Waals surface area contributed by atoms with Crippen molar-refractivity contribution in [2.75, 3.05) is 28.2 Å². The summed E-state index contributed by atoms with van der Waals surface area (Å²) in [6, 6.07) is 1.37. The van der Waals surface area contributed by atoms with Crippen molar-refractivity contribution >= 4 is 0 Å². The molecule has 0 aliphatic carbocycles. The molecule has 262 valence electrons. The summed E-state index contributed by atoms with van der Waals surface area (Å²) in [5.74, 6) is 0. The van der Waals surface area contributed by atoms with Crippen LogP contribution in [0, 0.1) is 0 Å². The second-order valence-corrected chi connectivity index (χ2v) is 14.5. The third-order valence-electron chi connectivity index (χ3n) is 9.79. The lowest BCUT2D eigenvalue weighted by Crippen LogP contribution is -2.46. The first-order valence-electron chi connectivity index (χ1n) is 20.2. The number of allylic oxidation sites excluding steroid dienone is 4. The molecule has 0 aliphatic heterocycles. The molecule has 0 heterocycles. The van der Waals surface area contributed by atoms with Crippen molar-refractivity contribution in [3.8, 4) is 0 Å². The third-order valence-corrected chi connectivity index (χ3v) is 9.79. The molecule has 2 heteroatoms. The molecule has 0 aromatic rings. The van der Waals surface area contributed by atoms with Gasteiger partial charge in [0.1, 0.15) is 0 Å². The van der Waals surface area contributed by atoms with Crippen LogP contribution in [0.2, 0.25) is 0 Å². The Labute approximate surface area is 280 Å². The minimum atomic E-state index is 0.685. The van der Waals surface area contributed by atoms with E-state index in [4.69, 9.17) is 0 Å². The van der Waals surface area contributed by atoms with Gasteiger partial charge in [0.05, 0.1) is 0 Å². The van der Waals surface area contributed by atoms with E-state index in [9.17, 15) is 0 Å². The topological polar surface area (TPSA) is 6.48 Å². The molecule has 0 aromatic carbocycles. The predicted octanol–water partition coefficient (Wildman–Crippen LogP) is 13.7. The Morgan fingerprint density at radius 2 is 0.545 bits per heavy atom. The molecule has 0 fully saturated rings. The summed E-state index contributed by atoms with van der Waals surface area (Å²) in [5, 5.41) is 0. The highest BCUT2D eigenvalue weighted by Crippen LogP contribution is 2.21. The van der Waals surface area contributed by atoms with Crippen LogP contribution in [0.3, 0.4) is 0 Å². The van der Waals surface area contributed by atoms with E-state index in [1.165, 1.54) is 193 Å². The molecule has 2 atom stereocenters. The third kappa shape index (κ3) is 30.1. The summed E-state index contributed by atoms with van der Waals surface area (Å²) in [6.07, 6.45) is 51.4. The lowest BCUT2D eigenvalue weighted by atomic mass is 9.93. The van der Waals surface area contributed by atoms with Crippen LogP contribution in [0.1, 0.15) is 206 Å². The zero-order valence-corrected chi connectivity index (χ0v) is 31.6. The fraction of sp³-hybridized carbons (Fsp3) is 0.905. The highest BCUT2D eigenvalue weighted by molar-refractivity contribution is 4.83. The molecule has 0 amide bonds. The lowest BCUT2D eigenvalue weighted by Gasteiger charge is -2.37. The molecular formula is C42H84N2. The van der Waals surface area contributed by atoms with Gasteiger partial charge in [0.25, 0.3) is 0 Å². The minimum absolute atomic E-state index is 0.685. The average molecular weight is 617 g/mol. The van der Waals surface area contributed by atoms with Gasteiger partial charge in [-0.15, -0.1) is 0 Å². The van der Waals surface area contributed by atoms with Crippen LogP contribution in [-0.4, -0.2) is 50.1 Å². The number of hydrogen-bond donors (Lipinski definition) is 0. The van der Waals surface area contributed by atoms with Crippen molar-refractivity contribution in [3.63, 3.8) is 0 Å². The first-order chi connectivity index (χ1) is 21.5. The van der Waals surface area contributed by atoms with Crippen LogP contribution in [0.25, 0.3) is 0 Å². The van der Waals surface area contributed by atoms with E-state index < -0.39 is 0 Å². The molecule has 0 bridgehead atoms. The minimum Gasteiger partial charge on any atom is -0.305 e. The molecule has 0 aliphatic rings. The Bertz CT molecular complexity index is 541. The van der Waals surface area contributed by atoms with Crippen LogP contribution in [0.15, 0.2) is 24.3 Å². The zero-order valence-electron chi connectivity index (χ0n) is 31.6. The lowest BCUT2D eigenvalue weighted by molar-refractivity contribution is 0.130. The zero-order chi connectivity index (χ0) is 32.4. The number of unbranched alkanes of at least 4 members (excludes halogenated alkanes) is 24. The second kappa shape index (κ2) is 35.3. The van der Waals surface area contributed by atoms with Gasteiger partial charge in [-0.3, -0.25) is 0 Å². The maximum absolute atomic E-state index is 2.52. The van der Waals surface area contributed by atoms with Crippen molar-refractivity contribution in [1.29, 1.82) is 0 Å². The first-order valence-corrected chi connectivity index (χ1v) is 20.2. The second-order valence-electron chi connectivity index (χ2n) is 14.5. The van der Waals surface area contributed by atoms with Crippen LogP contribution >= 0.6 is 0 Å². The Balaban J connectivity index is 3.83. The van der Waals surface area contributed by atoms with Gasteiger partial charge in [0, 0.05) is 12.1 Å². The van der Waals surface area contributed by atoms with E-state index in [1.807, 2.05) is 0 Å². The molecule has 0 saturated heterocycles. The molecule has 0 saturated carbocycles. The van der Waals surface area contributed by atoms with Crippen molar-refractivity contribution in [2.45, 2.75) is 219 Å². The Hall–Kier alpha value is -0.600. The molecule has 0 spiro atoms. The standard InChI is InChI=1S/C42H84N2/c1-7-9-11-13-15-17-19-21-23-25-27-29-31-33-35-37-39-41(43(3)4)42(44(5)6)40-38-36-34-32-30-28-26-24-22-20-18-16-14-12-10-8-2/h21-24,41-42H,7-20,25-40H2,1-6H3/b23-21-,24-22-. The molecule has 2 nitrogen and oxygen atoms in total. The fourth-order valence-electron chi connectivity index (χ4n) is 6.79.